The number of hydrogen-bond donors (Lipinski definition) is 0. The first kappa shape index (κ1) is 45.6. The van der Waals surface area contributed by atoms with Crippen LogP contribution in [0.1, 0.15) is 17.9 Å². The number of anilines is 5. The van der Waals surface area contributed by atoms with Crippen molar-refractivity contribution in [2.75, 3.05) is 9.80 Å². The molecule has 3 heteroatoms. The Morgan fingerprint density at radius 1 is 0.307 bits per heavy atom. The predicted molar refractivity (Wildman–Crippen MR) is 320 cm³/mol. The highest BCUT2D eigenvalue weighted by Gasteiger charge is 2.49. The molecule has 0 amide bonds. The van der Waals surface area contributed by atoms with Crippen LogP contribution >= 0.6 is 0 Å². The summed E-state index contributed by atoms with van der Waals surface area (Å²) in [6.07, 6.45) is 8.08. The van der Waals surface area contributed by atoms with E-state index in [0.29, 0.717) is 5.92 Å². The summed E-state index contributed by atoms with van der Waals surface area (Å²) in [5, 5.41) is 5.50. The van der Waals surface area contributed by atoms with Gasteiger partial charge in [-0.05, 0) is 144 Å². The summed E-state index contributed by atoms with van der Waals surface area (Å²) in [5.41, 5.74) is 17.9. The topological polar surface area (TPSA) is 6.48 Å². The molecule has 2 nitrogen and oxygen atoms in total. The molecule has 0 fully saturated rings. The summed E-state index contributed by atoms with van der Waals surface area (Å²) < 4.78 is 0. The van der Waals surface area contributed by atoms with Crippen molar-refractivity contribution >= 4 is 57.3 Å². The minimum Gasteiger partial charge on any atom is -0.311 e. The van der Waals surface area contributed by atoms with Gasteiger partial charge in [0.15, 0.2) is 8.07 Å². The number of fused-ring (bicyclic) bond motifs is 3. The predicted octanol–water partition coefficient (Wildman–Crippen LogP) is 16.3. The Morgan fingerprint density at radius 2 is 0.640 bits per heavy atom. The third kappa shape index (κ3) is 8.53. The van der Waals surface area contributed by atoms with E-state index in [9.17, 15) is 0 Å². The number of benzene rings is 11. The van der Waals surface area contributed by atoms with E-state index in [1.165, 1.54) is 76.5 Å². The normalized spacial score (nSPS) is 14.1. The molecule has 11 aromatic rings. The highest BCUT2D eigenvalue weighted by atomic mass is 28.3. The van der Waals surface area contributed by atoms with Crippen LogP contribution in [0.3, 0.4) is 0 Å². The summed E-state index contributed by atoms with van der Waals surface area (Å²) >= 11 is 0. The van der Waals surface area contributed by atoms with Crippen molar-refractivity contribution in [1.29, 1.82) is 0 Å². The lowest BCUT2D eigenvalue weighted by atomic mass is 9.91. The standard InChI is InChI=1S/C72H54N2Si/c1-7-19-53(20-8-1)57-31-39-61(40-32-57)73(62-41-33-58(34-42-62)54-21-9-2-10-22-54)65-47-49-69-70-50-48-66(52-72(70)75(71(69)51-65,67-27-15-5-16-28-67)68-29-17-6-18-30-68)74(63-43-35-59(36-44-63)55-23-11-3-12-24-55)64-45-37-60(38-46-64)56-25-13-4-14-26-56/h1-37,39-52,60H,38H2. The van der Waals surface area contributed by atoms with Gasteiger partial charge in [0.2, 0.25) is 0 Å². The molecule has 1 aliphatic heterocycles. The zero-order chi connectivity index (χ0) is 50.0. The van der Waals surface area contributed by atoms with Gasteiger partial charge in [0, 0.05) is 40.1 Å². The van der Waals surface area contributed by atoms with E-state index in [-0.39, 0.29) is 0 Å². The lowest BCUT2D eigenvalue weighted by Crippen LogP contribution is -2.72. The maximum atomic E-state index is 2.55. The van der Waals surface area contributed by atoms with Gasteiger partial charge in [0.05, 0.1) is 0 Å². The molecule has 13 rings (SSSR count). The fourth-order valence-corrected chi connectivity index (χ4v) is 16.9. The molecule has 1 atom stereocenters. The first-order valence-corrected chi connectivity index (χ1v) is 28.1. The minimum absolute atomic E-state index is 0.320. The van der Waals surface area contributed by atoms with Crippen LogP contribution in [-0.2, 0) is 0 Å². The van der Waals surface area contributed by atoms with E-state index in [0.717, 1.165) is 34.9 Å². The Labute approximate surface area is 442 Å². The molecule has 356 valence electrons. The monoisotopic (exact) mass is 974 g/mol. The Morgan fingerprint density at radius 3 is 1.03 bits per heavy atom. The van der Waals surface area contributed by atoms with Gasteiger partial charge in [0.1, 0.15) is 0 Å². The minimum atomic E-state index is -3.04. The van der Waals surface area contributed by atoms with Crippen molar-refractivity contribution in [2.24, 2.45) is 0 Å². The molecule has 0 aromatic heterocycles. The molecule has 0 bridgehead atoms. The van der Waals surface area contributed by atoms with Gasteiger partial charge in [-0.1, -0.05) is 243 Å². The van der Waals surface area contributed by atoms with Crippen LogP contribution in [0.2, 0.25) is 0 Å². The van der Waals surface area contributed by atoms with E-state index in [1.807, 2.05) is 0 Å². The summed E-state index contributed by atoms with van der Waals surface area (Å²) in [5.74, 6) is 0.320. The van der Waals surface area contributed by atoms with Crippen LogP contribution < -0.4 is 30.5 Å². The average molecular weight is 975 g/mol. The van der Waals surface area contributed by atoms with E-state index in [2.05, 4.69) is 319 Å². The molecular weight excluding hydrogens is 921 g/mol. The third-order valence-electron chi connectivity index (χ3n) is 15.3. The molecule has 1 unspecified atom stereocenters. The smallest absolute Gasteiger partial charge is 0.181 e. The summed E-state index contributed by atoms with van der Waals surface area (Å²) in [6.45, 7) is 0. The zero-order valence-corrected chi connectivity index (χ0v) is 42.6. The van der Waals surface area contributed by atoms with E-state index >= 15 is 0 Å². The second-order valence-corrected chi connectivity index (χ2v) is 23.3. The fraction of sp³-hybridized carbons (Fsp3) is 0.0278. The fourth-order valence-electron chi connectivity index (χ4n) is 11.7. The van der Waals surface area contributed by atoms with Gasteiger partial charge >= 0.3 is 0 Å². The van der Waals surface area contributed by atoms with Crippen molar-refractivity contribution in [2.45, 2.75) is 12.3 Å². The Kier molecular flexibility index (Phi) is 12.1. The molecule has 75 heavy (non-hydrogen) atoms. The molecule has 0 radical (unpaired) electrons. The highest BCUT2D eigenvalue weighted by Crippen LogP contribution is 2.42. The number of hydrogen-bond acceptors (Lipinski definition) is 2. The van der Waals surface area contributed by atoms with Crippen molar-refractivity contribution < 1.29 is 0 Å². The molecule has 1 heterocycles. The maximum absolute atomic E-state index is 3.04. The van der Waals surface area contributed by atoms with Crippen molar-refractivity contribution in [1.82, 2.24) is 0 Å². The first-order valence-electron chi connectivity index (χ1n) is 26.1. The highest BCUT2D eigenvalue weighted by molar-refractivity contribution is 7.22. The summed E-state index contributed by atoms with van der Waals surface area (Å²) in [6, 6.07) is 108. The lowest BCUT2D eigenvalue weighted by Gasteiger charge is -2.34. The Bertz CT molecular complexity index is 3680. The van der Waals surface area contributed by atoms with Gasteiger partial charge in [-0.3, -0.25) is 0 Å². The van der Waals surface area contributed by atoms with Gasteiger partial charge in [-0.25, -0.2) is 0 Å². The van der Waals surface area contributed by atoms with Crippen molar-refractivity contribution in [3.8, 4) is 44.5 Å². The van der Waals surface area contributed by atoms with Gasteiger partial charge in [-0.2, -0.15) is 0 Å². The average Bonchev–Trinajstić information content (AvgIpc) is 3.87. The maximum Gasteiger partial charge on any atom is 0.181 e. The van der Waals surface area contributed by atoms with Crippen molar-refractivity contribution in [3.63, 3.8) is 0 Å². The first-order chi connectivity index (χ1) is 37.2. The second-order valence-electron chi connectivity index (χ2n) is 19.6. The molecule has 0 N–H and O–H groups in total. The van der Waals surface area contributed by atoms with Crippen LogP contribution in [0.4, 0.5) is 28.4 Å². The van der Waals surface area contributed by atoms with Crippen LogP contribution in [0, 0.1) is 0 Å². The van der Waals surface area contributed by atoms with Crippen LogP contribution in [0.5, 0.6) is 0 Å². The molecular formula is C72H54N2Si. The number of rotatable bonds is 12. The van der Waals surface area contributed by atoms with Crippen LogP contribution in [0.25, 0.3) is 44.5 Å². The number of allylic oxidation sites excluding steroid dienone is 3. The molecule has 2 aliphatic rings. The van der Waals surface area contributed by atoms with Crippen LogP contribution in [-0.4, -0.2) is 8.07 Å². The van der Waals surface area contributed by atoms with E-state index in [1.54, 1.807) is 0 Å². The Hall–Kier alpha value is -9.28. The molecule has 0 saturated heterocycles. The second kappa shape index (κ2) is 20.0. The largest absolute Gasteiger partial charge is 0.311 e. The molecule has 0 spiro atoms. The van der Waals surface area contributed by atoms with Gasteiger partial charge in [-0.15, -0.1) is 0 Å². The summed E-state index contributed by atoms with van der Waals surface area (Å²) in [7, 11) is -3.04. The lowest BCUT2D eigenvalue weighted by molar-refractivity contribution is 0.840. The molecule has 1 aliphatic carbocycles. The third-order valence-corrected chi connectivity index (χ3v) is 20.1. The molecule has 11 aromatic carbocycles. The Balaban J connectivity index is 0.988. The van der Waals surface area contributed by atoms with Gasteiger partial charge in [0.25, 0.3) is 0 Å². The SMILES string of the molecule is C1=CC(c2ccccc2)CC=C1N(c1ccc(-c2ccccc2)cc1)c1ccc2c(c1)[Si](c1ccccc1)(c1ccccc1)c1cc(N(c3ccc(-c4ccccc4)cc3)c3ccc(-c4ccccc4)cc3)ccc1-2. The quantitative estimate of drug-likeness (QED) is 0.113. The van der Waals surface area contributed by atoms with Crippen LogP contribution in [0.15, 0.2) is 315 Å². The zero-order valence-electron chi connectivity index (χ0n) is 41.6. The van der Waals surface area contributed by atoms with Crippen molar-refractivity contribution in [3.05, 3.63) is 321 Å². The van der Waals surface area contributed by atoms with E-state index in [4.69, 9.17) is 0 Å². The number of nitrogens with zero attached hydrogens (tertiary/aromatic N) is 2. The summed E-state index contributed by atoms with van der Waals surface area (Å²) in [4.78, 5) is 4.93. The molecule has 0 saturated carbocycles. The van der Waals surface area contributed by atoms with Gasteiger partial charge < -0.3 is 9.80 Å². The van der Waals surface area contributed by atoms with E-state index < -0.39 is 8.07 Å².